The van der Waals surface area contributed by atoms with Crippen LogP contribution in [0.15, 0.2) is 29.3 Å². The third-order valence-corrected chi connectivity index (χ3v) is 5.16. The molecule has 126 valence electrons. The Morgan fingerprint density at radius 1 is 1.39 bits per heavy atom. The van der Waals surface area contributed by atoms with Crippen molar-refractivity contribution in [2.45, 2.75) is 25.2 Å². The van der Waals surface area contributed by atoms with Crippen LogP contribution in [0.5, 0.6) is 0 Å². The molecule has 1 aromatic rings. The summed E-state index contributed by atoms with van der Waals surface area (Å²) in [6.45, 7) is 3.39. The standard InChI is InChI=1S/C18H27N3O2/c1-19-17(21-12-18(6-8-22)7-9-23-13-18)20-11-15-10-14-4-2-3-5-16(14)15/h2-5,15,22H,6-13H2,1H3,(H2,19,20,21). The molecular formula is C18H27N3O2. The van der Waals surface area contributed by atoms with Gasteiger partial charge in [0.15, 0.2) is 5.96 Å². The van der Waals surface area contributed by atoms with Gasteiger partial charge in [-0.1, -0.05) is 24.3 Å². The summed E-state index contributed by atoms with van der Waals surface area (Å²) >= 11 is 0. The van der Waals surface area contributed by atoms with Crippen LogP contribution in [0, 0.1) is 5.41 Å². The van der Waals surface area contributed by atoms with E-state index in [2.05, 4.69) is 39.9 Å². The average Bonchev–Trinajstić information content (AvgIpc) is 3.00. The Balaban J connectivity index is 1.47. The van der Waals surface area contributed by atoms with Gasteiger partial charge in [-0.25, -0.2) is 0 Å². The van der Waals surface area contributed by atoms with Crippen molar-refractivity contribution in [2.75, 3.05) is 40.0 Å². The van der Waals surface area contributed by atoms with E-state index in [1.807, 2.05) is 0 Å². The lowest BCUT2D eigenvalue weighted by atomic mass is 9.78. The second-order valence-corrected chi connectivity index (χ2v) is 6.68. The monoisotopic (exact) mass is 317 g/mol. The quantitative estimate of drug-likeness (QED) is 0.546. The number of hydrogen-bond acceptors (Lipinski definition) is 3. The van der Waals surface area contributed by atoms with Gasteiger partial charge in [0, 0.05) is 44.7 Å². The first-order chi connectivity index (χ1) is 11.3. The van der Waals surface area contributed by atoms with Gasteiger partial charge in [0.05, 0.1) is 6.61 Å². The summed E-state index contributed by atoms with van der Waals surface area (Å²) in [7, 11) is 1.80. The van der Waals surface area contributed by atoms with E-state index in [1.165, 1.54) is 11.1 Å². The van der Waals surface area contributed by atoms with Crippen LogP contribution in [0.2, 0.25) is 0 Å². The summed E-state index contributed by atoms with van der Waals surface area (Å²) in [5.74, 6) is 1.41. The molecule has 0 radical (unpaired) electrons. The van der Waals surface area contributed by atoms with Crippen molar-refractivity contribution in [3.05, 3.63) is 35.4 Å². The number of aliphatic imine (C=N–C) groups is 1. The predicted molar refractivity (Wildman–Crippen MR) is 91.8 cm³/mol. The van der Waals surface area contributed by atoms with Crippen molar-refractivity contribution in [2.24, 2.45) is 10.4 Å². The fraction of sp³-hybridized carbons (Fsp3) is 0.611. The summed E-state index contributed by atoms with van der Waals surface area (Å²) in [5, 5.41) is 16.1. The highest BCUT2D eigenvalue weighted by molar-refractivity contribution is 5.79. The number of nitrogens with zero attached hydrogens (tertiary/aromatic N) is 1. The van der Waals surface area contributed by atoms with Crippen LogP contribution in [-0.2, 0) is 11.2 Å². The van der Waals surface area contributed by atoms with Gasteiger partial charge < -0.3 is 20.5 Å². The lowest BCUT2D eigenvalue weighted by Gasteiger charge is -2.31. The van der Waals surface area contributed by atoms with Crippen molar-refractivity contribution in [1.29, 1.82) is 0 Å². The molecule has 0 amide bonds. The zero-order valence-corrected chi connectivity index (χ0v) is 13.8. The van der Waals surface area contributed by atoms with Crippen molar-refractivity contribution >= 4 is 5.96 Å². The van der Waals surface area contributed by atoms with Crippen molar-refractivity contribution in [1.82, 2.24) is 10.6 Å². The maximum absolute atomic E-state index is 9.29. The predicted octanol–water partition coefficient (Wildman–Crippen LogP) is 1.28. The fourth-order valence-corrected chi connectivity index (χ4v) is 3.57. The summed E-state index contributed by atoms with van der Waals surface area (Å²) in [6.07, 6.45) is 2.91. The molecule has 2 aliphatic rings. The molecule has 0 bridgehead atoms. The van der Waals surface area contributed by atoms with Gasteiger partial charge in [0.2, 0.25) is 0 Å². The third kappa shape index (κ3) is 3.67. The normalized spacial score (nSPS) is 26.5. The van der Waals surface area contributed by atoms with E-state index in [1.54, 1.807) is 7.05 Å². The second kappa shape index (κ2) is 7.32. The van der Waals surface area contributed by atoms with Crippen molar-refractivity contribution < 1.29 is 9.84 Å². The van der Waals surface area contributed by atoms with Crippen LogP contribution in [0.25, 0.3) is 0 Å². The Hall–Kier alpha value is -1.59. The van der Waals surface area contributed by atoms with Crippen molar-refractivity contribution in [3.63, 3.8) is 0 Å². The van der Waals surface area contributed by atoms with E-state index in [0.29, 0.717) is 12.5 Å². The van der Waals surface area contributed by atoms with Gasteiger partial charge in [-0.2, -0.15) is 0 Å². The smallest absolute Gasteiger partial charge is 0.191 e. The third-order valence-electron chi connectivity index (χ3n) is 5.16. The lowest BCUT2D eigenvalue weighted by Crippen LogP contribution is -2.46. The first kappa shape index (κ1) is 16.3. The number of hydrogen-bond donors (Lipinski definition) is 3. The van der Waals surface area contributed by atoms with Gasteiger partial charge in [0.1, 0.15) is 0 Å². The van der Waals surface area contributed by atoms with E-state index >= 15 is 0 Å². The number of aliphatic hydroxyl groups is 1. The Morgan fingerprint density at radius 2 is 2.26 bits per heavy atom. The number of guanidine groups is 1. The minimum atomic E-state index is 0.0371. The van der Waals surface area contributed by atoms with E-state index in [-0.39, 0.29) is 12.0 Å². The van der Waals surface area contributed by atoms with E-state index in [4.69, 9.17) is 4.74 Å². The molecule has 5 nitrogen and oxygen atoms in total. The first-order valence-electron chi connectivity index (χ1n) is 8.47. The summed E-state index contributed by atoms with van der Waals surface area (Å²) in [5.41, 5.74) is 2.96. The van der Waals surface area contributed by atoms with Crippen LogP contribution in [0.1, 0.15) is 29.9 Å². The molecule has 1 aliphatic carbocycles. The molecule has 1 saturated heterocycles. The SMILES string of the molecule is CN=C(NCC1Cc2ccccc21)NCC1(CCO)CCOC1. The summed E-state index contributed by atoms with van der Waals surface area (Å²) < 4.78 is 5.53. The average molecular weight is 317 g/mol. The second-order valence-electron chi connectivity index (χ2n) is 6.68. The van der Waals surface area contributed by atoms with Gasteiger partial charge in [-0.15, -0.1) is 0 Å². The Morgan fingerprint density at radius 3 is 2.96 bits per heavy atom. The zero-order valence-electron chi connectivity index (χ0n) is 13.8. The van der Waals surface area contributed by atoms with E-state index < -0.39 is 0 Å². The molecular weight excluding hydrogens is 290 g/mol. The number of benzene rings is 1. The summed E-state index contributed by atoms with van der Waals surface area (Å²) in [4.78, 5) is 4.32. The molecule has 1 aliphatic heterocycles. The van der Waals surface area contributed by atoms with E-state index in [9.17, 15) is 5.11 Å². The minimum absolute atomic E-state index is 0.0371. The molecule has 2 unspecified atom stereocenters. The Kier molecular flexibility index (Phi) is 5.18. The maximum Gasteiger partial charge on any atom is 0.191 e. The van der Waals surface area contributed by atoms with Crippen LogP contribution >= 0.6 is 0 Å². The fourth-order valence-electron chi connectivity index (χ4n) is 3.57. The van der Waals surface area contributed by atoms with Gasteiger partial charge in [-0.05, 0) is 30.4 Å². The zero-order chi connectivity index (χ0) is 16.1. The van der Waals surface area contributed by atoms with Crippen LogP contribution in [0.4, 0.5) is 0 Å². The Bertz CT molecular complexity index is 553. The number of aliphatic hydroxyl groups excluding tert-OH is 1. The summed E-state index contributed by atoms with van der Waals surface area (Å²) in [6, 6.07) is 8.63. The minimum Gasteiger partial charge on any atom is -0.396 e. The van der Waals surface area contributed by atoms with Crippen LogP contribution in [-0.4, -0.2) is 51.0 Å². The lowest BCUT2D eigenvalue weighted by molar-refractivity contribution is 0.127. The Labute approximate surface area is 138 Å². The molecule has 5 heteroatoms. The molecule has 3 N–H and O–H groups in total. The van der Waals surface area contributed by atoms with Gasteiger partial charge >= 0.3 is 0 Å². The molecule has 0 spiro atoms. The largest absolute Gasteiger partial charge is 0.396 e. The highest BCUT2D eigenvalue weighted by Crippen LogP contribution is 2.34. The maximum atomic E-state index is 9.29. The van der Waals surface area contributed by atoms with Gasteiger partial charge in [0.25, 0.3) is 0 Å². The highest BCUT2D eigenvalue weighted by atomic mass is 16.5. The van der Waals surface area contributed by atoms with Crippen LogP contribution in [0.3, 0.4) is 0 Å². The molecule has 2 atom stereocenters. The molecule has 23 heavy (non-hydrogen) atoms. The molecule has 0 saturated carbocycles. The van der Waals surface area contributed by atoms with Crippen molar-refractivity contribution in [3.8, 4) is 0 Å². The number of rotatable bonds is 6. The number of nitrogens with one attached hydrogen (secondary N) is 2. The van der Waals surface area contributed by atoms with Gasteiger partial charge in [-0.3, -0.25) is 4.99 Å². The highest BCUT2D eigenvalue weighted by Gasteiger charge is 2.34. The number of ether oxygens (including phenoxy) is 1. The molecule has 1 heterocycles. The van der Waals surface area contributed by atoms with Crippen LogP contribution < -0.4 is 10.6 Å². The first-order valence-corrected chi connectivity index (χ1v) is 8.47. The molecule has 0 aromatic heterocycles. The molecule has 1 aromatic carbocycles. The van der Waals surface area contributed by atoms with E-state index in [0.717, 1.165) is 44.9 Å². The number of fused-ring (bicyclic) bond motifs is 1. The molecule has 3 rings (SSSR count). The topological polar surface area (TPSA) is 65.9 Å². The molecule has 1 fully saturated rings.